The van der Waals surface area contributed by atoms with Crippen LogP contribution in [0.5, 0.6) is 0 Å². The second-order valence-electron chi connectivity index (χ2n) is 4.28. The van der Waals surface area contributed by atoms with Crippen molar-refractivity contribution >= 4 is 17.4 Å². The number of rotatable bonds is 3. The van der Waals surface area contributed by atoms with Crippen LogP contribution >= 0.6 is 11.6 Å². The summed E-state index contributed by atoms with van der Waals surface area (Å²) in [5.41, 5.74) is -0.740. The van der Waals surface area contributed by atoms with E-state index in [0.717, 1.165) is 6.07 Å². The van der Waals surface area contributed by atoms with Crippen molar-refractivity contribution in [2.75, 3.05) is 5.32 Å². The number of nitrogens with one attached hydrogen (secondary N) is 1. The van der Waals surface area contributed by atoms with Crippen LogP contribution < -0.4 is 5.32 Å². The van der Waals surface area contributed by atoms with Crippen molar-refractivity contribution < 1.29 is 13.2 Å². The SMILES string of the molecule is Cc1cc(C(F)(F)F)nc(CNc2nc(C)ncc2Cl)n1. The summed E-state index contributed by atoms with van der Waals surface area (Å²) in [6.45, 7) is 3.12. The van der Waals surface area contributed by atoms with Gasteiger partial charge in [0.25, 0.3) is 0 Å². The van der Waals surface area contributed by atoms with E-state index in [2.05, 4.69) is 25.3 Å². The molecule has 0 aliphatic rings. The third-order valence-corrected chi connectivity index (χ3v) is 2.75. The maximum Gasteiger partial charge on any atom is 0.433 e. The number of aromatic nitrogens is 4. The molecule has 0 amide bonds. The van der Waals surface area contributed by atoms with Crippen molar-refractivity contribution in [1.29, 1.82) is 0 Å². The Kier molecular flexibility index (Phi) is 4.26. The first kappa shape index (κ1) is 15.4. The number of aryl methyl sites for hydroxylation is 2. The third kappa shape index (κ3) is 4.01. The Morgan fingerprint density at radius 1 is 1.19 bits per heavy atom. The van der Waals surface area contributed by atoms with Gasteiger partial charge in [-0.3, -0.25) is 0 Å². The molecule has 2 aromatic heterocycles. The molecule has 0 saturated heterocycles. The van der Waals surface area contributed by atoms with Crippen LogP contribution in [0.25, 0.3) is 0 Å². The maximum atomic E-state index is 12.7. The number of hydrogen-bond donors (Lipinski definition) is 1. The van der Waals surface area contributed by atoms with E-state index in [-0.39, 0.29) is 23.1 Å². The summed E-state index contributed by atoms with van der Waals surface area (Å²) in [5.74, 6) is 0.820. The van der Waals surface area contributed by atoms with E-state index in [0.29, 0.717) is 11.6 Å². The van der Waals surface area contributed by atoms with E-state index in [4.69, 9.17) is 11.6 Å². The van der Waals surface area contributed by atoms with Crippen LogP contribution in [0.4, 0.5) is 19.0 Å². The van der Waals surface area contributed by atoms with Gasteiger partial charge < -0.3 is 5.32 Å². The van der Waals surface area contributed by atoms with Gasteiger partial charge in [0, 0.05) is 5.69 Å². The van der Waals surface area contributed by atoms with Crippen LogP contribution in [-0.4, -0.2) is 19.9 Å². The van der Waals surface area contributed by atoms with Gasteiger partial charge in [0.2, 0.25) is 0 Å². The molecule has 5 nitrogen and oxygen atoms in total. The molecule has 0 aromatic carbocycles. The molecule has 0 radical (unpaired) electrons. The second-order valence-corrected chi connectivity index (χ2v) is 4.68. The Labute approximate surface area is 123 Å². The second kappa shape index (κ2) is 5.80. The van der Waals surface area contributed by atoms with Gasteiger partial charge in [-0.1, -0.05) is 11.6 Å². The van der Waals surface area contributed by atoms with Gasteiger partial charge in [0.1, 0.15) is 28.2 Å². The van der Waals surface area contributed by atoms with Crippen molar-refractivity contribution in [3.05, 3.63) is 40.3 Å². The first-order chi connectivity index (χ1) is 9.75. The molecule has 0 unspecified atom stereocenters. The number of halogens is 4. The third-order valence-electron chi connectivity index (χ3n) is 2.47. The van der Waals surface area contributed by atoms with Crippen LogP contribution in [0.15, 0.2) is 12.3 Å². The summed E-state index contributed by atoms with van der Waals surface area (Å²) in [4.78, 5) is 15.4. The van der Waals surface area contributed by atoms with E-state index in [1.165, 1.54) is 13.1 Å². The molecule has 0 aliphatic heterocycles. The molecule has 2 rings (SSSR count). The fourth-order valence-electron chi connectivity index (χ4n) is 1.60. The minimum Gasteiger partial charge on any atom is -0.361 e. The van der Waals surface area contributed by atoms with Gasteiger partial charge in [-0.25, -0.2) is 19.9 Å². The summed E-state index contributed by atoms with van der Waals surface area (Å²) >= 11 is 5.89. The first-order valence-corrected chi connectivity index (χ1v) is 6.28. The summed E-state index contributed by atoms with van der Waals surface area (Å²) in [7, 11) is 0. The average Bonchev–Trinajstić information content (AvgIpc) is 2.38. The maximum absolute atomic E-state index is 12.7. The Hall–Kier alpha value is -1.96. The summed E-state index contributed by atoms with van der Waals surface area (Å²) in [6, 6.07) is 0.894. The number of anilines is 1. The van der Waals surface area contributed by atoms with Crippen molar-refractivity contribution in [2.24, 2.45) is 0 Å². The van der Waals surface area contributed by atoms with Gasteiger partial charge in [0.15, 0.2) is 0 Å². The van der Waals surface area contributed by atoms with E-state index < -0.39 is 11.9 Å². The van der Waals surface area contributed by atoms with E-state index in [9.17, 15) is 13.2 Å². The normalized spacial score (nSPS) is 11.5. The smallest absolute Gasteiger partial charge is 0.361 e. The number of alkyl halides is 3. The van der Waals surface area contributed by atoms with Crippen LogP contribution in [0, 0.1) is 13.8 Å². The predicted octanol–water partition coefficient (Wildman–Crippen LogP) is 3.17. The summed E-state index contributed by atoms with van der Waals surface area (Å²) in [5, 5.41) is 3.07. The predicted molar refractivity (Wildman–Crippen MR) is 70.9 cm³/mol. The highest BCUT2D eigenvalue weighted by molar-refractivity contribution is 6.32. The molecular weight excluding hydrogens is 307 g/mol. The molecule has 0 saturated carbocycles. The molecular formula is C12H11ClF3N5. The lowest BCUT2D eigenvalue weighted by Gasteiger charge is -2.10. The van der Waals surface area contributed by atoms with Gasteiger partial charge in [0.05, 0.1) is 12.7 Å². The fraction of sp³-hybridized carbons (Fsp3) is 0.333. The van der Waals surface area contributed by atoms with E-state index in [1.54, 1.807) is 6.92 Å². The molecule has 2 aromatic rings. The Morgan fingerprint density at radius 2 is 1.90 bits per heavy atom. The van der Waals surface area contributed by atoms with Crippen molar-refractivity contribution in [2.45, 2.75) is 26.6 Å². The first-order valence-electron chi connectivity index (χ1n) is 5.90. The molecule has 0 fully saturated rings. The highest BCUT2D eigenvalue weighted by atomic mass is 35.5. The largest absolute Gasteiger partial charge is 0.433 e. The number of hydrogen-bond acceptors (Lipinski definition) is 5. The van der Waals surface area contributed by atoms with Gasteiger partial charge in [-0.15, -0.1) is 0 Å². The van der Waals surface area contributed by atoms with E-state index >= 15 is 0 Å². The monoisotopic (exact) mass is 317 g/mol. The lowest BCUT2D eigenvalue weighted by molar-refractivity contribution is -0.141. The van der Waals surface area contributed by atoms with Crippen molar-refractivity contribution in [1.82, 2.24) is 19.9 Å². The zero-order chi connectivity index (χ0) is 15.6. The summed E-state index contributed by atoms with van der Waals surface area (Å²) < 4.78 is 38.0. The molecule has 112 valence electrons. The minimum absolute atomic E-state index is 0.00894. The average molecular weight is 318 g/mol. The molecule has 0 aliphatic carbocycles. The van der Waals surface area contributed by atoms with Gasteiger partial charge in [-0.2, -0.15) is 13.2 Å². The number of nitrogens with zero attached hydrogens (tertiary/aromatic N) is 4. The lowest BCUT2D eigenvalue weighted by Crippen LogP contribution is -2.14. The standard InChI is InChI=1S/C12H11ClF3N5/c1-6-3-9(12(14,15)16)21-10(19-6)5-18-11-8(13)4-17-7(2)20-11/h3-4H,5H2,1-2H3,(H,17,18,20). The van der Waals surface area contributed by atoms with Crippen LogP contribution in [-0.2, 0) is 12.7 Å². The van der Waals surface area contributed by atoms with Crippen molar-refractivity contribution in [3.8, 4) is 0 Å². The van der Waals surface area contributed by atoms with Crippen LogP contribution in [0.1, 0.15) is 23.0 Å². The zero-order valence-electron chi connectivity index (χ0n) is 11.2. The lowest BCUT2D eigenvalue weighted by atomic mass is 10.3. The van der Waals surface area contributed by atoms with Crippen LogP contribution in [0.2, 0.25) is 5.02 Å². The Morgan fingerprint density at radius 3 is 2.57 bits per heavy atom. The van der Waals surface area contributed by atoms with Gasteiger partial charge >= 0.3 is 6.18 Å². The highest BCUT2D eigenvalue weighted by Crippen LogP contribution is 2.28. The van der Waals surface area contributed by atoms with E-state index in [1.807, 2.05) is 0 Å². The van der Waals surface area contributed by atoms with Crippen molar-refractivity contribution in [3.63, 3.8) is 0 Å². The molecule has 0 atom stereocenters. The molecule has 1 N–H and O–H groups in total. The topological polar surface area (TPSA) is 63.6 Å². The molecule has 2 heterocycles. The quantitative estimate of drug-likeness (QED) is 0.942. The fourth-order valence-corrected chi connectivity index (χ4v) is 1.75. The van der Waals surface area contributed by atoms with Crippen LogP contribution in [0.3, 0.4) is 0 Å². The Bertz CT molecular complexity index is 660. The van der Waals surface area contributed by atoms with Gasteiger partial charge in [-0.05, 0) is 19.9 Å². The summed E-state index contributed by atoms with van der Waals surface area (Å²) in [6.07, 6.45) is -3.10. The minimum atomic E-state index is -4.51. The highest BCUT2D eigenvalue weighted by Gasteiger charge is 2.33. The molecule has 9 heteroatoms. The zero-order valence-corrected chi connectivity index (χ0v) is 11.9. The molecule has 0 bridgehead atoms. The molecule has 21 heavy (non-hydrogen) atoms. The molecule has 0 spiro atoms. The Balaban J connectivity index is 2.20.